The van der Waals surface area contributed by atoms with Crippen molar-refractivity contribution >= 4 is 0 Å². The summed E-state index contributed by atoms with van der Waals surface area (Å²) in [6.07, 6.45) is 11.3. The van der Waals surface area contributed by atoms with Crippen LogP contribution in [0.15, 0.2) is 0 Å². The lowest BCUT2D eigenvalue weighted by Gasteiger charge is -2.36. The van der Waals surface area contributed by atoms with Crippen LogP contribution in [0.1, 0.15) is 51.4 Å². The predicted octanol–water partition coefficient (Wildman–Crippen LogP) is 2.32. The SMILES string of the molecule is CN(C)C1CCCN(CCNC2CCCCCC2)C1. The Morgan fingerprint density at radius 2 is 1.74 bits per heavy atom. The third kappa shape index (κ3) is 5.41. The van der Waals surface area contributed by atoms with Gasteiger partial charge in [0.2, 0.25) is 0 Å². The van der Waals surface area contributed by atoms with Crippen molar-refractivity contribution < 1.29 is 0 Å². The van der Waals surface area contributed by atoms with E-state index in [1.54, 1.807) is 0 Å². The summed E-state index contributed by atoms with van der Waals surface area (Å²) in [7, 11) is 4.44. The van der Waals surface area contributed by atoms with E-state index in [2.05, 4.69) is 29.2 Å². The molecule has 1 saturated carbocycles. The summed E-state index contributed by atoms with van der Waals surface area (Å²) in [6, 6.07) is 1.57. The van der Waals surface area contributed by atoms with Crippen molar-refractivity contribution in [1.82, 2.24) is 15.1 Å². The highest BCUT2D eigenvalue weighted by Gasteiger charge is 2.21. The van der Waals surface area contributed by atoms with Crippen molar-refractivity contribution in [3.8, 4) is 0 Å². The van der Waals surface area contributed by atoms with Crippen LogP contribution in [0.4, 0.5) is 0 Å². The molecule has 0 spiro atoms. The lowest BCUT2D eigenvalue weighted by Crippen LogP contribution is -2.47. The molecule has 1 unspecified atom stereocenters. The topological polar surface area (TPSA) is 18.5 Å². The fourth-order valence-electron chi connectivity index (χ4n) is 3.57. The first-order valence-corrected chi connectivity index (χ1v) is 8.38. The second-order valence-electron chi connectivity index (χ2n) is 6.70. The van der Waals surface area contributed by atoms with Crippen LogP contribution >= 0.6 is 0 Å². The lowest BCUT2D eigenvalue weighted by atomic mass is 10.0. The Bertz CT molecular complexity index is 234. The van der Waals surface area contributed by atoms with Crippen LogP contribution in [0.25, 0.3) is 0 Å². The molecular weight excluding hydrogens is 234 g/mol. The van der Waals surface area contributed by atoms with Gasteiger partial charge in [-0.05, 0) is 46.3 Å². The van der Waals surface area contributed by atoms with Gasteiger partial charge in [0, 0.05) is 31.7 Å². The molecule has 2 aliphatic rings. The highest BCUT2D eigenvalue weighted by Crippen LogP contribution is 2.17. The number of hydrogen-bond acceptors (Lipinski definition) is 3. The minimum atomic E-state index is 0.770. The summed E-state index contributed by atoms with van der Waals surface area (Å²) >= 11 is 0. The highest BCUT2D eigenvalue weighted by molar-refractivity contribution is 4.79. The van der Waals surface area contributed by atoms with E-state index < -0.39 is 0 Å². The molecule has 0 aromatic carbocycles. The van der Waals surface area contributed by atoms with E-state index in [0.717, 1.165) is 12.1 Å². The van der Waals surface area contributed by atoms with Gasteiger partial charge in [0.15, 0.2) is 0 Å². The van der Waals surface area contributed by atoms with Gasteiger partial charge in [0.1, 0.15) is 0 Å². The molecular formula is C16H33N3. The van der Waals surface area contributed by atoms with E-state index in [9.17, 15) is 0 Å². The number of nitrogens with one attached hydrogen (secondary N) is 1. The second kappa shape index (κ2) is 8.23. The summed E-state index contributed by atoms with van der Waals surface area (Å²) in [6.45, 7) is 4.99. The molecule has 1 saturated heterocycles. The van der Waals surface area contributed by atoms with Crippen LogP contribution in [-0.2, 0) is 0 Å². The summed E-state index contributed by atoms with van der Waals surface area (Å²) in [5.41, 5.74) is 0. The monoisotopic (exact) mass is 267 g/mol. The predicted molar refractivity (Wildman–Crippen MR) is 82.6 cm³/mol. The molecule has 1 heterocycles. The fraction of sp³-hybridized carbons (Fsp3) is 1.00. The number of piperidine rings is 1. The van der Waals surface area contributed by atoms with Gasteiger partial charge in [0.25, 0.3) is 0 Å². The van der Waals surface area contributed by atoms with Gasteiger partial charge in [-0.25, -0.2) is 0 Å². The van der Waals surface area contributed by atoms with Gasteiger partial charge < -0.3 is 15.1 Å². The first-order valence-electron chi connectivity index (χ1n) is 8.38. The number of rotatable bonds is 5. The molecule has 3 nitrogen and oxygen atoms in total. The van der Waals surface area contributed by atoms with Gasteiger partial charge in [-0.1, -0.05) is 25.7 Å². The van der Waals surface area contributed by atoms with E-state index >= 15 is 0 Å². The van der Waals surface area contributed by atoms with E-state index in [1.807, 2.05) is 0 Å². The van der Waals surface area contributed by atoms with Crippen LogP contribution < -0.4 is 5.32 Å². The molecule has 1 atom stereocenters. The lowest BCUT2D eigenvalue weighted by molar-refractivity contribution is 0.133. The maximum absolute atomic E-state index is 3.80. The average Bonchev–Trinajstić information content (AvgIpc) is 2.68. The fourth-order valence-corrected chi connectivity index (χ4v) is 3.57. The summed E-state index contributed by atoms with van der Waals surface area (Å²) in [5.74, 6) is 0. The molecule has 0 amide bonds. The standard InChI is InChI=1S/C16H33N3/c1-18(2)16-10-7-12-19(14-16)13-11-17-15-8-5-3-4-6-9-15/h15-17H,3-14H2,1-2H3. The first-order chi connectivity index (χ1) is 9.25. The third-order valence-electron chi connectivity index (χ3n) is 4.93. The zero-order chi connectivity index (χ0) is 13.5. The number of likely N-dealkylation sites (N-methyl/N-ethyl adjacent to an activating group) is 1. The summed E-state index contributed by atoms with van der Waals surface area (Å²) in [5, 5.41) is 3.80. The highest BCUT2D eigenvalue weighted by atomic mass is 15.2. The van der Waals surface area contributed by atoms with E-state index in [4.69, 9.17) is 0 Å². The smallest absolute Gasteiger partial charge is 0.0217 e. The van der Waals surface area contributed by atoms with Gasteiger partial charge in [-0.15, -0.1) is 0 Å². The van der Waals surface area contributed by atoms with Crippen LogP contribution in [0, 0.1) is 0 Å². The average molecular weight is 267 g/mol. The Balaban J connectivity index is 1.61. The van der Waals surface area contributed by atoms with E-state index in [1.165, 1.54) is 77.5 Å². The minimum absolute atomic E-state index is 0.770. The summed E-state index contributed by atoms with van der Waals surface area (Å²) < 4.78 is 0. The third-order valence-corrected chi connectivity index (χ3v) is 4.93. The minimum Gasteiger partial charge on any atom is -0.313 e. The molecule has 0 aromatic heterocycles. The molecule has 2 fully saturated rings. The normalized spacial score (nSPS) is 27.6. The first kappa shape index (κ1) is 15.3. The number of likely N-dealkylation sites (tertiary alicyclic amines) is 1. The summed E-state index contributed by atoms with van der Waals surface area (Å²) in [4.78, 5) is 5.04. The van der Waals surface area contributed by atoms with Gasteiger partial charge >= 0.3 is 0 Å². The Labute approximate surface area is 119 Å². The van der Waals surface area contributed by atoms with Crippen LogP contribution in [0.2, 0.25) is 0 Å². The number of nitrogens with zero attached hydrogens (tertiary/aromatic N) is 2. The van der Waals surface area contributed by atoms with Crippen molar-refractivity contribution in [1.29, 1.82) is 0 Å². The Morgan fingerprint density at radius 3 is 2.42 bits per heavy atom. The van der Waals surface area contributed by atoms with Crippen LogP contribution in [0.3, 0.4) is 0 Å². The maximum atomic E-state index is 3.80. The molecule has 2 rings (SSSR count). The zero-order valence-corrected chi connectivity index (χ0v) is 13.0. The van der Waals surface area contributed by atoms with E-state index in [-0.39, 0.29) is 0 Å². The van der Waals surface area contributed by atoms with E-state index in [0.29, 0.717) is 0 Å². The molecule has 1 aliphatic carbocycles. The largest absolute Gasteiger partial charge is 0.313 e. The maximum Gasteiger partial charge on any atom is 0.0217 e. The molecule has 3 heteroatoms. The zero-order valence-electron chi connectivity index (χ0n) is 13.0. The molecule has 0 radical (unpaired) electrons. The Kier molecular flexibility index (Phi) is 6.62. The van der Waals surface area contributed by atoms with Crippen molar-refractivity contribution in [2.45, 2.75) is 63.5 Å². The molecule has 19 heavy (non-hydrogen) atoms. The quantitative estimate of drug-likeness (QED) is 0.771. The number of hydrogen-bond donors (Lipinski definition) is 1. The van der Waals surface area contributed by atoms with Crippen LogP contribution in [-0.4, -0.2) is 62.2 Å². The Morgan fingerprint density at radius 1 is 1.00 bits per heavy atom. The van der Waals surface area contributed by atoms with Crippen molar-refractivity contribution in [2.24, 2.45) is 0 Å². The second-order valence-corrected chi connectivity index (χ2v) is 6.70. The molecule has 0 bridgehead atoms. The molecule has 112 valence electrons. The Hall–Kier alpha value is -0.120. The molecule has 1 N–H and O–H groups in total. The van der Waals surface area contributed by atoms with Gasteiger partial charge in [-0.3, -0.25) is 0 Å². The molecule has 0 aromatic rings. The van der Waals surface area contributed by atoms with Gasteiger partial charge in [-0.2, -0.15) is 0 Å². The van der Waals surface area contributed by atoms with Crippen molar-refractivity contribution in [2.75, 3.05) is 40.3 Å². The van der Waals surface area contributed by atoms with Crippen molar-refractivity contribution in [3.63, 3.8) is 0 Å². The van der Waals surface area contributed by atoms with Gasteiger partial charge in [0.05, 0.1) is 0 Å². The van der Waals surface area contributed by atoms with Crippen molar-refractivity contribution in [3.05, 3.63) is 0 Å². The molecule has 1 aliphatic heterocycles. The van der Waals surface area contributed by atoms with Crippen LogP contribution in [0.5, 0.6) is 0 Å².